The van der Waals surface area contributed by atoms with E-state index >= 15 is 0 Å². The third-order valence-corrected chi connectivity index (χ3v) is 3.50. The highest BCUT2D eigenvalue weighted by Gasteiger charge is 2.29. The first-order chi connectivity index (χ1) is 9.95. The molecule has 21 heavy (non-hydrogen) atoms. The Morgan fingerprint density at radius 1 is 1.43 bits per heavy atom. The maximum absolute atomic E-state index is 11.1. The van der Waals surface area contributed by atoms with Crippen LogP contribution in [-0.2, 0) is 16.0 Å². The highest BCUT2D eigenvalue weighted by atomic mass is 16.5. The van der Waals surface area contributed by atoms with E-state index in [1.807, 2.05) is 0 Å². The zero-order valence-electron chi connectivity index (χ0n) is 12.1. The molecule has 1 aliphatic carbocycles. The number of aliphatic hydroxyl groups excluding tert-OH is 1. The fourth-order valence-electron chi connectivity index (χ4n) is 2.58. The molecule has 1 aliphatic rings. The molecule has 2 rings (SSSR count). The minimum absolute atomic E-state index is 0.123. The molecule has 0 radical (unpaired) electrons. The minimum atomic E-state index is -0.889. The van der Waals surface area contributed by atoms with Crippen LogP contribution in [0, 0.1) is 0 Å². The van der Waals surface area contributed by atoms with Crippen LogP contribution in [0.5, 0.6) is 5.75 Å². The zero-order chi connectivity index (χ0) is 15.6. The van der Waals surface area contributed by atoms with Crippen LogP contribution < -0.4 is 0 Å². The van der Waals surface area contributed by atoms with E-state index in [0.29, 0.717) is 34.5 Å². The molecule has 0 saturated carbocycles. The molecule has 4 heteroatoms. The number of carbonyl (C=O) groups is 1. The lowest BCUT2D eigenvalue weighted by molar-refractivity contribution is -0.136. The van der Waals surface area contributed by atoms with Gasteiger partial charge >= 0.3 is 5.97 Å². The van der Waals surface area contributed by atoms with Crippen molar-refractivity contribution in [1.29, 1.82) is 0 Å². The van der Waals surface area contributed by atoms with E-state index in [-0.39, 0.29) is 5.75 Å². The standard InChI is InChI=1S/C17H18O4/c1-4-6-12-14(10(2)21-11(3)18)9-15-13(17(12)20)7-5-8-16(15)19/h4-8,17,19-20H,1,9H2,2-3H3. The number of esters is 1. The van der Waals surface area contributed by atoms with Gasteiger partial charge in [0.1, 0.15) is 17.6 Å². The number of carbonyl (C=O) groups excluding carboxylic acids is 1. The summed E-state index contributed by atoms with van der Waals surface area (Å²) in [7, 11) is 0. The molecule has 2 N–H and O–H groups in total. The molecule has 0 aliphatic heterocycles. The van der Waals surface area contributed by atoms with Gasteiger partial charge in [0, 0.05) is 24.5 Å². The van der Waals surface area contributed by atoms with Gasteiger partial charge in [-0.2, -0.15) is 0 Å². The molecular formula is C17H18O4. The van der Waals surface area contributed by atoms with Gasteiger partial charge in [-0.1, -0.05) is 30.9 Å². The second-order valence-electron chi connectivity index (χ2n) is 4.91. The third kappa shape index (κ3) is 2.90. The average molecular weight is 286 g/mol. The number of phenolic OH excluding ortho intramolecular Hbond substituents is 1. The van der Waals surface area contributed by atoms with Gasteiger partial charge in [0.25, 0.3) is 0 Å². The van der Waals surface area contributed by atoms with Crippen LogP contribution in [0.25, 0.3) is 0 Å². The lowest BCUT2D eigenvalue weighted by Crippen LogP contribution is -2.17. The van der Waals surface area contributed by atoms with Crippen LogP contribution >= 0.6 is 0 Å². The van der Waals surface area contributed by atoms with E-state index in [1.165, 1.54) is 6.92 Å². The van der Waals surface area contributed by atoms with Crippen LogP contribution in [-0.4, -0.2) is 16.2 Å². The molecule has 0 amide bonds. The molecule has 0 aromatic heterocycles. The molecule has 1 atom stereocenters. The summed E-state index contributed by atoms with van der Waals surface area (Å²) >= 11 is 0. The summed E-state index contributed by atoms with van der Waals surface area (Å²) in [5.41, 5.74) is 2.61. The topological polar surface area (TPSA) is 66.8 Å². The second kappa shape index (κ2) is 5.97. The van der Waals surface area contributed by atoms with Gasteiger partial charge in [0.05, 0.1) is 0 Å². The van der Waals surface area contributed by atoms with Crippen molar-refractivity contribution in [2.75, 3.05) is 0 Å². The van der Waals surface area contributed by atoms with E-state index in [4.69, 9.17) is 4.74 Å². The van der Waals surface area contributed by atoms with Crippen molar-refractivity contribution in [3.05, 3.63) is 65.0 Å². The first-order valence-electron chi connectivity index (χ1n) is 6.65. The largest absolute Gasteiger partial charge is 0.508 e. The van der Waals surface area contributed by atoms with Gasteiger partial charge in [0.15, 0.2) is 0 Å². The zero-order valence-corrected chi connectivity index (χ0v) is 12.1. The summed E-state index contributed by atoms with van der Waals surface area (Å²) in [5.74, 6) is 0.122. The molecule has 1 aromatic rings. The Hall–Kier alpha value is -2.33. The van der Waals surface area contributed by atoms with Crippen LogP contribution in [0.3, 0.4) is 0 Å². The highest BCUT2D eigenvalue weighted by Crippen LogP contribution is 2.42. The molecule has 110 valence electrons. The van der Waals surface area contributed by atoms with Crippen LogP contribution in [0.2, 0.25) is 0 Å². The van der Waals surface area contributed by atoms with Crippen molar-refractivity contribution in [3.63, 3.8) is 0 Å². The summed E-state index contributed by atoms with van der Waals surface area (Å²) in [5, 5.41) is 20.5. The van der Waals surface area contributed by atoms with Crippen molar-refractivity contribution in [2.45, 2.75) is 26.4 Å². The predicted octanol–water partition coefficient (Wildman–Crippen LogP) is 2.93. The van der Waals surface area contributed by atoms with Crippen molar-refractivity contribution in [1.82, 2.24) is 0 Å². The second-order valence-corrected chi connectivity index (χ2v) is 4.91. The number of hydrogen-bond donors (Lipinski definition) is 2. The first-order valence-corrected chi connectivity index (χ1v) is 6.65. The maximum Gasteiger partial charge on any atom is 0.307 e. The Kier molecular flexibility index (Phi) is 4.29. The quantitative estimate of drug-likeness (QED) is 0.648. The molecule has 4 nitrogen and oxygen atoms in total. The molecule has 1 aromatic carbocycles. The van der Waals surface area contributed by atoms with Gasteiger partial charge in [0.2, 0.25) is 0 Å². The van der Waals surface area contributed by atoms with Crippen molar-refractivity contribution in [3.8, 4) is 5.75 Å². The number of rotatable bonds is 2. The van der Waals surface area contributed by atoms with Gasteiger partial charge in [-0.3, -0.25) is 4.79 Å². The predicted molar refractivity (Wildman–Crippen MR) is 79.5 cm³/mol. The summed E-state index contributed by atoms with van der Waals surface area (Å²) in [6.07, 6.45) is 2.77. The fraction of sp³-hybridized carbons (Fsp3) is 0.235. The Morgan fingerprint density at radius 3 is 2.76 bits per heavy atom. The Balaban J connectivity index is 2.61. The number of ether oxygens (including phenoxy) is 1. The SMILES string of the molecule is C=CC=C1C(=C(C)OC(C)=O)Cc2c(O)cccc2C1O. The summed E-state index contributed by atoms with van der Waals surface area (Å²) in [6, 6.07) is 5.04. The number of aliphatic hydroxyl groups is 1. The number of allylic oxidation sites excluding steroid dienone is 3. The number of fused-ring (bicyclic) bond motifs is 1. The first kappa shape index (κ1) is 15.1. The summed E-state index contributed by atoms with van der Waals surface area (Å²) in [6.45, 7) is 6.65. The molecule has 0 bridgehead atoms. The molecule has 0 heterocycles. The Morgan fingerprint density at radius 2 is 2.14 bits per heavy atom. The molecule has 0 saturated heterocycles. The highest BCUT2D eigenvalue weighted by molar-refractivity contribution is 5.68. The van der Waals surface area contributed by atoms with E-state index in [1.54, 1.807) is 37.3 Å². The number of aromatic hydroxyl groups is 1. The van der Waals surface area contributed by atoms with Crippen molar-refractivity contribution < 1.29 is 19.7 Å². The van der Waals surface area contributed by atoms with Gasteiger partial charge < -0.3 is 14.9 Å². The number of benzene rings is 1. The third-order valence-electron chi connectivity index (χ3n) is 3.50. The van der Waals surface area contributed by atoms with E-state index in [9.17, 15) is 15.0 Å². The minimum Gasteiger partial charge on any atom is -0.508 e. The maximum atomic E-state index is 11.1. The monoisotopic (exact) mass is 286 g/mol. The van der Waals surface area contributed by atoms with Crippen molar-refractivity contribution in [2.24, 2.45) is 0 Å². The molecule has 1 unspecified atom stereocenters. The van der Waals surface area contributed by atoms with Crippen LogP contribution in [0.1, 0.15) is 31.1 Å². The summed E-state index contributed by atoms with van der Waals surface area (Å²) in [4.78, 5) is 11.1. The Labute approximate surface area is 123 Å². The fourth-order valence-corrected chi connectivity index (χ4v) is 2.58. The average Bonchev–Trinajstić information content (AvgIpc) is 2.41. The number of hydrogen-bond acceptors (Lipinski definition) is 4. The van der Waals surface area contributed by atoms with Gasteiger partial charge in [-0.25, -0.2) is 0 Å². The van der Waals surface area contributed by atoms with E-state index in [2.05, 4.69) is 6.58 Å². The number of phenols is 1. The normalized spacial score (nSPS) is 21.7. The van der Waals surface area contributed by atoms with Crippen molar-refractivity contribution >= 4 is 5.97 Å². The lowest BCUT2D eigenvalue weighted by atomic mass is 9.80. The van der Waals surface area contributed by atoms with Gasteiger partial charge in [-0.15, -0.1) is 0 Å². The molecular weight excluding hydrogens is 268 g/mol. The summed E-state index contributed by atoms with van der Waals surface area (Å²) < 4.78 is 5.14. The van der Waals surface area contributed by atoms with Gasteiger partial charge in [-0.05, 0) is 24.1 Å². The smallest absolute Gasteiger partial charge is 0.307 e. The Bertz CT molecular complexity index is 653. The lowest BCUT2D eigenvalue weighted by Gasteiger charge is -2.28. The van der Waals surface area contributed by atoms with Crippen LogP contribution in [0.15, 0.2) is 53.8 Å². The van der Waals surface area contributed by atoms with Crippen LogP contribution in [0.4, 0.5) is 0 Å². The molecule has 0 fully saturated rings. The molecule has 0 spiro atoms. The van der Waals surface area contributed by atoms with E-state index < -0.39 is 12.1 Å². The van der Waals surface area contributed by atoms with E-state index in [0.717, 1.165) is 0 Å².